The average Bonchev–Trinajstić information content (AvgIpc) is 2.81. The van der Waals surface area contributed by atoms with E-state index in [0.717, 1.165) is 41.4 Å². The number of thioether (sulfide) groups is 1. The van der Waals surface area contributed by atoms with Gasteiger partial charge in [0.1, 0.15) is 6.07 Å². The van der Waals surface area contributed by atoms with Gasteiger partial charge in [0, 0.05) is 23.7 Å². The molecule has 5 heteroatoms. The Kier molecular flexibility index (Phi) is 5.29. The molecule has 4 nitrogen and oxygen atoms in total. The second-order valence-electron chi connectivity index (χ2n) is 4.93. The summed E-state index contributed by atoms with van der Waals surface area (Å²) in [6, 6.07) is 10.3. The number of aryl methyl sites for hydroxylation is 3. The van der Waals surface area contributed by atoms with Crippen LogP contribution in [0, 0.1) is 25.2 Å². The lowest BCUT2D eigenvalue weighted by Crippen LogP contribution is -2.09. The quantitative estimate of drug-likeness (QED) is 0.654. The summed E-state index contributed by atoms with van der Waals surface area (Å²) < 4.78 is 2.03. The van der Waals surface area contributed by atoms with E-state index in [9.17, 15) is 5.26 Å². The zero-order valence-electron chi connectivity index (χ0n) is 12.7. The van der Waals surface area contributed by atoms with Crippen LogP contribution in [-0.2, 0) is 6.54 Å². The summed E-state index contributed by atoms with van der Waals surface area (Å²) in [6.45, 7) is 5.79. The van der Waals surface area contributed by atoms with Gasteiger partial charge >= 0.3 is 0 Å². The number of anilines is 1. The third kappa shape index (κ3) is 3.79. The summed E-state index contributed by atoms with van der Waals surface area (Å²) in [5.74, 6) is 0. The standard InChI is InChI=1S/C16H20N4S/c1-12-10-13(2)20(19-12)9-5-8-18-15-6-4-7-16(21-3)14(15)11-17/h4,6-7,10,18H,5,8-9H2,1-3H3. The molecule has 0 amide bonds. The number of nitrogens with one attached hydrogen (secondary N) is 1. The molecule has 0 bridgehead atoms. The molecule has 1 aromatic carbocycles. The summed E-state index contributed by atoms with van der Waals surface area (Å²) in [4.78, 5) is 1.01. The Bertz CT molecular complexity index is 655. The molecule has 21 heavy (non-hydrogen) atoms. The minimum absolute atomic E-state index is 0.733. The highest BCUT2D eigenvalue weighted by Gasteiger charge is 2.06. The predicted molar refractivity (Wildman–Crippen MR) is 87.7 cm³/mol. The van der Waals surface area contributed by atoms with Crippen LogP contribution in [0.15, 0.2) is 29.2 Å². The smallest absolute Gasteiger partial charge is 0.102 e. The second-order valence-corrected chi connectivity index (χ2v) is 5.77. The first-order valence-corrected chi connectivity index (χ1v) is 8.20. The maximum atomic E-state index is 9.29. The highest BCUT2D eigenvalue weighted by Crippen LogP contribution is 2.26. The largest absolute Gasteiger partial charge is 0.384 e. The van der Waals surface area contributed by atoms with E-state index in [2.05, 4.69) is 29.5 Å². The molecule has 0 aliphatic heterocycles. The number of benzene rings is 1. The number of hydrogen-bond acceptors (Lipinski definition) is 4. The molecule has 0 saturated heterocycles. The summed E-state index contributed by atoms with van der Waals surface area (Å²) in [5, 5.41) is 17.1. The third-order valence-corrected chi connectivity index (χ3v) is 4.10. The maximum absolute atomic E-state index is 9.29. The molecular weight excluding hydrogens is 280 g/mol. The van der Waals surface area contributed by atoms with Crippen molar-refractivity contribution in [2.75, 3.05) is 18.1 Å². The zero-order valence-corrected chi connectivity index (χ0v) is 13.5. The van der Waals surface area contributed by atoms with Crippen molar-refractivity contribution in [1.29, 1.82) is 5.26 Å². The van der Waals surface area contributed by atoms with Gasteiger partial charge in [0.2, 0.25) is 0 Å². The molecule has 0 atom stereocenters. The van der Waals surface area contributed by atoms with Crippen LogP contribution in [0.5, 0.6) is 0 Å². The Morgan fingerprint density at radius 1 is 1.38 bits per heavy atom. The molecule has 0 unspecified atom stereocenters. The van der Waals surface area contributed by atoms with Crippen molar-refractivity contribution >= 4 is 17.4 Å². The summed E-state index contributed by atoms with van der Waals surface area (Å²) in [5.41, 5.74) is 3.89. The lowest BCUT2D eigenvalue weighted by atomic mass is 10.2. The Morgan fingerprint density at radius 3 is 2.81 bits per heavy atom. The van der Waals surface area contributed by atoms with Crippen LogP contribution in [-0.4, -0.2) is 22.6 Å². The van der Waals surface area contributed by atoms with Crippen LogP contribution < -0.4 is 5.32 Å². The van der Waals surface area contributed by atoms with Crippen LogP contribution >= 0.6 is 11.8 Å². The van der Waals surface area contributed by atoms with Gasteiger partial charge in [-0.05, 0) is 44.7 Å². The van der Waals surface area contributed by atoms with E-state index >= 15 is 0 Å². The fourth-order valence-electron chi connectivity index (χ4n) is 2.32. The van der Waals surface area contributed by atoms with Crippen LogP contribution in [0.4, 0.5) is 5.69 Å². The first-order valence-electron chi connectivity index (χ1n) is 6.97. The SMILES string of the molecule is CSc1cccc(NCCCn2nc(C)cc2C)c1C#N. The molecular formula is C16H20N4S. The molecule has 0 fully saturated rings. The number of nitriles is 1. The summed E-state index contributed by atoms with van der Waals surface area (Å²) >= 11 is 1.60. The van der Waals surface area contributed by atoms with Crippen molar-refractivity contribution in [2.24, 2.45) is 0 Å². The van der Waals surface area contributed by atoms with Gasteiger partial charge in [-0.2, -0.15) is 10.4 Å². The van der Waals surface area contributed by atoms with Gasteiger partial charge in [-0.3, -0.25) is 4.68 Å². The molecule has 1 heterocycles. The van der Waals surface area contributed by atoms with Gasteiger partial charge in [-0.15, -0.1) is 11.8 Å². The van der Waals surface area contributed by atoms with E-state index in [1.54, 1.807) is 11.8 Å². The summed E-state index contributed by atoms with van der Waals surface area (Å²) in [7, 11) is 0. The molecule has 2 rings (SSSR count). The van der Waals surface area contributed by atoms with E-state index in [4.69, 9.17) is 0 Å². The highest BCUT2D eigenvalue weighted by molar-refractivity contribution is 7.98. The Morgan fingerprint density at radius 2 is 2.19 bits per heavy atom. The fraction of sp³-hybridized carbons (Fsp3) is 0.375. The van der Waals surface area contributed by atoms with Gasteiger partial charge < -0.3 is 5.32 Å². The molecule has 1 N–H and O–H groups in total. The van der Waals surface area contributed by atoms with Crippen molar-refractivity contribution in [3.63, 3.8) is 0 Å². The molecule has 0 spiro atoms. The van der Waals surface area contributed by atoms with Crippen molar-refractivity contribution in [3.8, 4) is 6.07 Å². The predicted octanol–water partition coefficient (Wildman–Crippen LogP) is 3.60. The van der Waals surface area contributed by atoms with Gasteiger partial charge in [0.05, 0.1) is 16.9 Å². The Hall–Kier alpha value is -1.93. The van der Waals surface area contributed by atoms with Crippen LogP contribution in [0.2, 0.25) is 0 Å². The molecule has 1 aromatic heterocycles. The van der Waals surface area contributed by atoms with Crippen molar-refractivity contribution in [1.82, 2.24) is 9.78 Å². The number of aromatic nitrogens is 2. The average molecular weight is 300 g/mol. The molecule has 0 radical (unpaired) electrons. The molecule has 0 aliphatic rings. The second kappa shape index (κ2) is 7.19. The first-order chi connectivity index (χ1) is 10.2. The third-order valence-electron chi connectivity index (χ3n) is 3.32. The van der Waals surface area contributed by atoms with Gasteiger partial charge in [0.25, 0.3) is 0 Å². The number of rotatable bonds is 6. The normalized spacial score (nSPS) is 10.4. The monoisotopic (exact) mass is 300 g/mol. The lowest BCUT2D eigenvalue weighted by molar-refractivity contribution is 0.573. The minimum atomic E-state index is 0.733. The molecule has 0 aliphatic carbocycles. The number of hydrogen-bond donors (Lipinski definition) is 1. The fourth-order valence-corrected chi connectivity index (χ4v) is 2.89. The number of nitrogens with zero attached hydrogens (tertiary/aromatic N) is 3. The Labute approximate surface area is 130 Å². The van der Waals surface area contributed by atoms with Gasteiger partial charge in [-0.25, -0.2) is 0 Å². The molecule has 0 saturated carbocycles. The van der Waals surface area contributed by atoms with E-state index in [-0.39, 0.29) is 0 Å². The van der Waals surface area contributed by atoms with Crippen LogP contribution in [0.1, 0.15) is 23.4 Å². The molecule has 110 valence electrons. The first kappa shape index (κ1) is 15.5. The van der Waals surface area contributed by atoms with Crippen molar-refractivity contribution in [2.45, 2.75) is 31.7 Å². The summed E-state index contributed by atoms with van der Waals surface area (Å²) in [6.07, 6.45) is 2.96. The minimum Gasteiger partial charge on any atom is -0.384 e. The van der Waals surface area contributed by atoms with Crippen molar-refractivity contribution < 1.29 is 0 Å². The van der Waals surface area contributed by atoms with E-state index in [1.165, 1.54) is 5.69 Å². The van der Waals surface area contributed by atoms with Crippen molar-refractivity contribution in [3.05, 3.63) is 41.2 Å². The van der Waals surface area contributed by atoms with Crippen LogP contribution in [0.25, 0.3) is 0 Å². The topological polar surface area (TPSA) is 53.6 Å². The lowest BCUT2D eigenvalue weighted by Gasteiger charge is -2.11. The van der Waals surface area contributed by atoms with Gasteiger partial charge in [0.15, 0.2) is 0 Å². The van der Waals surface area contributed by atoms with E-state index in [1.807, 2.05) is 36.1 Å². The molecule has 2 aromatic rings. The Balaban J connectivity index is 1.92. The maximum Gasteiger partial charge on any atom is 0.102 e. The van der Waals surface area contributed by atoms with E-state index in [0.29, 0.717) is 0 Å². The van der Waals surface area contributed by atoms with Crippen LogP contribution in [0.3, 0.4) is 0 Å². The van der Waals surface area contributed by atoms with E-state index < -0.39 is 0 Å². The van der Waals surface area contributed by atoms with Gasteiger partial charge in [-0.1, -0.05) is 6.07 Å². The highest BCUT2D eigenvalue weighted by atomic mass is 32.2. The zero-order chi connectivity index (χ0) is 15.2.